The van der Waals surface area contributed by atoms with Gasteiger partial charge in [-0.3, -0.25) is 0 Å². The van der Waals surface area contributed by atoms with Crippen LogP contribution in [-0.4, -0.2) is 41.9 Å². The highest BCUT2D eigenvalue weighted by Gasteiger charge is 2.35. The van der Waals surface area contributed by atoms with E-state index in [1.807, 2.05) is 22.6 Å². The van der Waals surface area contributed by atoms with Gasteiger partial charge in [-0.05, 0) is 28.7 Å². The van der Waals surface area contributed by atoms with E-state index in [9.17, 15) is 10.2 Å². The molecule has 0 radical (unpaired) electrons. The Morgan fingerprint density at radius 1 is 1.28 bits per heavy atom. The van der Waals surface area contributed by atoms with Crippen LogP contribution in [0.5, 0.6) is 0 Å². The second-order valence-electron chi connectivity index (χ2n) is 4.06. The zero-order valence-corrected chi connectivity index (χ0v) is 11.3. The van der Waals surface area contributed by atoms with Gasteiger partial charge in [0.2, 0.25) is 0 Å². The number of hydrogen-bond donors (Lipinski definition) is 3. The summed E-state index contributed by atoms with van der Waals surface area (Å²) in [5, 5.41) is 19.7. The largest absolute Gasteiger partial charge is 0.388 e. The Morgan fingerprint density at radius 2 is 2.06 bits per heavy atom. The summed E-state index contributed by atoms with van der Waals surface area (Å²) in [6, 6.07) is -0.397. The van der Waals surface area contributed by atoms with E-state index in [1.165, 1.54) is 6.33 Å². The molecule has 2 heterocycles. The Hall–Kier alpha value is -1.26. The van der Waals surface area contributed by atoms with Crippen molar-refractivity contribution in [2.75, 3.05) is 5.73 Å². The SMILES string of the molecule is Nc1ncnc2c1ncn2[C@@H]1C=C(I)[C@@H](O)[C@H]1O. The van der Waals surface area contributed by atoms with Crippen LogP contribution in [0.1, 0.15) is 6.04 Å². The molecule has 0 unspecified atom stereocenters. The maximum absolute atomic E-state index is 10.00. The van der Waals surface area contributed by atoms with Gasteiger partial charge in [0, 0.05) is 3.58 Å². The summed E-state index contributed by atoms with van der Waals surface area (Å²) >= 11 is 2.00. The minimum absolute atomic E-state index is 0.297. The van der Waals surface area contributed by atoms with Crippen LogP contribution in [0.15, 0.2) is 22.3 Å². The molecular formula is C10H10IN5O2. The van der Waals surface area contributed by atoms with Crippen molar-refractivity contribution in [3.63, 3.8) is 0 Å². The molecule has 7 nitrogen and oxygen atoms in total. The highest BCUT2D eigenvalue weighted by molar-refractivity contribution is 14.1. The first-order valence-corrected chi connectivity index (χ1v) is 6.34. The maximum Gasteiger partial charge on any atom is 0.166 e. The quantitative estimate of drug-likeness (QED) is 0.619. The zero-order valence-electron chi connectivity index (χ0n) is 9.10. The lowest BCUT2D eigenvalue weighted by Crippen LogP contribution is -2.28. The number of nitrogens with two attached hydrogens (primary N) is 1. The summed E-state index contributed by atoms with van der Waals surface area (Å²) < 4.78 is 2.39. The number of nitrogen functional groups attached to an aromatic ring is 1. The molecule has 2 aromatic rings. The van der Waals surface area contributed by atoms with Crippen LogP contribution in [0.3, 0.4) is 0 Å². The molecule has 1 aliphatic carbocycles. The normalized spacial score (nSPS) is 27.7. The Bertz CT molecular complexity index is 640. The molecule has 3 atom stereocenters. The van der Waals surface area contributed by atoms with Crippen molar-refractivity contribution >= 4 is 39.6 Å². The minimum atomic E-state index is -0.912. The average molecular weight is 359 g/mol. The molecule has 0 saturated carbocycles. The van der Waals surface area contributed by atoms with Crippen LogP contribution in [0.2, 0.25) is 0 Å². The molecule has 0 spiro atoms. The smallest absolute Gasteiger partial charge is 0.166 e. The predicted octanol–water partition coefficient (Wildman–Crippen LogP) is 0.00390. The van der Waals surface area contributed by atoms with Crippen molar-refractivity contribution in [1.29, 1.82) is 0 Å². The van der Waals surface area contributed by atoms with E-state index in [1.54, 1.807) is 17.0 Å². The van der Waals surface area contributed by atoms with Gasteiger partial charge in [0.25, 0.3) is 0 Å². The van der Waals surface area contributed by atoms with Crippen LogP contribution < -0.4 is 5.73 Å². The molecule has 0 aliphatic heterocycles. The van der Waals surface area contributed by atoms with Crippen molar-refractivity contribution in [2.24, 2.45) is 0 Å². The zero-order chi connectivity index (χ0) is 12.9. The fraction of sp³-hybridized carbons (Fsp3) is 0.300. The van der Waals surface area contributed by atoms with Crippen LogP contribution >= 0.6 is 22.6 Å². The lowest BCUT2D eigenvalue weighted by molar-refractivity contribution is 0.0368. The molecule has 4 N–H and O–H groups in total. The number of halogens is 1. The number of fused-ring (bicyclic) bond motifs is 1. The number of nitrogens with zero attached hydrogens (tertiary/aromatic N) is 4. The summed E-state index contributed by atoms with van der Waals surface area (Å²) in [6.45, 7) is 0. The van der Waals surface area contributed by atoms with Gasteiger partial charge in [0.1, 0.15) is 24.1 Å². The summed E-state index contributed by atoms with van der Waals surface area (Å²) in [6.07, 6.45) is 2.90. The minimum Gasteiger partial charge on any atom is -0.388 e. The van der Waals surface area contributed by atoms with Crippen molar-refractivity contribution in [3.8, 4) is 0 Å². The first-order valence-electron chi connectivity index (χ1n) is 5.26. The molecule has 3 rings (SSSR count). The van der Waals surface area contributed by atoms with E-state index in [0.717, 1.165) is 0 Å². The van der Waals surface area contributed by atoms with Crippen LogP contribution in [0.25, 0.3) is 11.2 Å². The lowest BCUT2D eigenvalue weighted by atomic mass is 10.2. The second kappa shape index (κ2) is 4.14. The third-order valence-corrected chi connectivity index (χ3v) is 3.99. The molecule has 8 heteroatoms. The molecule has 0 amide bonds. The second-order valence-corrected chi connectivity index (χ2v) is 5.31. The third kappa shape index (κ3) is 1.60. The van der Waals surface area contributed by atoms with Gasteiger partial charge < -0.3 is 20.5 Å². The third-order valence-electron chi connectivity index (χ3n) is 2.99. The number of aliphatic hydroxyl groups is 2. The Kier molecular flexibility index (Phi) is 2.72. The van der Waals surface area contributed by atoms with Gasteiger partial charge in [0.15, 0.2) is 11.5 Å². The molecule has 0 aromatic carbocycles. The topological polar surface area (TPSA) is 110 Å². The van der Waals surface area contributed by atoms with Crippen molar-refractivity contribution in [3.05, 3.63) is 22.3 Å². The first-order chi connectivity index (χ1) is 8.59. The Labute approximate surface area is 116 Å². The fourth-order valence-electron chi connectivity index (χ4n) is 2.04. The van der Waals surface area contributed by atoms with Crippen LogP contribution in [-0.2, 0) is 0 Å². The molecular weight excluding hydrogens is 349 g/mol. The average Bonchev–Trinajstić information content (AvgIpc) is 2.88. The molecule has 1 aliphatic rings. The van der Waals surface area contributed by atoms with Crippen LogP contribution in [0, 0.1) is 0 Å². The maximum atomic E-state index is 10.00. The molecule has 0 fully saturated rings. The fourth-order valence-corrected chi connectivity index (χ4v) is 2.78. The van der Waals surface area contributed by atoms with E-state index in [-0.39, 0.29) is 0 Å². The highest BCUT2D eigenvalue weighted by Crippen LogP contribution is 2.34. The number of hydrogen-bond acceptors (Lipinski definition) is 6. The summed E-state index contributed by atoms with van der Waals surface area (Å²) in [5.74, 6) is 0.297. The summed E-state index contributed by atoms with van der Waals surface area (Å²) in [5.41, 5.74) is 6.74. The standard InChI is InChI=1S/C10H10IN5O2/c11-4-1-5(8(18)7(4)17)16-3-15-6-9(12)13-2-14-10(6)16/h1-3,5,7-8,17-18H,(H2,12,13,14)/t5-,7-,8+/m1/s1. The molecule has 94 valence electrons. The van der Waals surface area contributed by atoms with Gasteiger partial charge in [-0.2, -0.15) is 0 Å². The summed E-state index contributed by atoms with van der Waals surface area (Å²) in [4.78, 5) is 12.1. The van der Waals surface area contributed by atoms with Gasteiger partial charge in [-0.1, -0.05) is 0 Å². The Morgan fingerprint density at radius 3 is 2.72 bits per heavy atom. The number of aromatic nitrogens is 4. The van der Waals surface area contributed by atoms with Crippen molar-refractivity contribution in [2.45, 2.75) is 18.2 Å². The molecule has 0 bridgehead atoms. The predicted molar refractivity (Wildman–Crippen MR) is 72.9 cm³/mol. The van der Waals surface area contributed by atoms with E-state index < -0.39 is 18.2 Å². The lowest BCUT2D eigenvalue weighted by Gasteiger charge is -2.18. The van der Waals surface area contributed by atoms with E-state index in [2.05, 4.69) is 15.0 Å². The molecule has 0 saturated heterocycles. The van der Waals surface area contributed by atoms with Crippen LogP contribution in [0.4, 0.5) is 5.82 Å². The number of anilines is 1. The monoisotopic (exact) mass is 359 g/mol. The number of aliphatic hydroxyl groups excluding tert-OH is 2. The number of rotatable bonds is 1. The van der Waals surface area contributed by atoms with Crippen molar-refractivity contribution in [1.82, 2.24) is 19.5 Å². The number of imidazole rings is 1. The molecule has 2 aromatic heterocycles. The van der Waals surface area contributed by atoms with Gasteiger partial charge in [-0.15, -0.1) is 0 Å². The van der Waals surface area contributed by atoms with Gasteiger partial charge in [0.05, 0.1) is 12.4 Å². The highest BCUT2D eigenvalue weighted by atomic mass is 127. The Balaban J connectivity index is 2.14. The van der Waals surface area contributed by atoms with E-state index in [0.29, 0.717) is 20.6 Å². The van der Waals surface area contributed by atoms with Gasteiger partial charge in [-0.25, -0.2) is 15.0 Å². The first kappa shape index (κ1) is 11.8. The van der Waals surface area contributed by atoms with Gasteiger partial charge >= 0.3 is 0 Å². The van der Waals surface area contributed by atoms with E-state index >= 15 is 0 Å². The summed E-state index contributed by atoms with van der Waals surface area (Å²) in [7, 11) is 0. The van der Waals surface area contributed by atoms with E-state index in [4.69, 9.17) is 5.73 Å². The molecule has 18 heavy (non-hydrogen) atoms. The van der Waals surface area contributed by atoms with Crippen molar-refractivity contribution < 1.29 is 10.2 Å².